The maximum Gasteiger partial charge on any atom is 0.341 e. The Hall–Kier alpha value is -2.89. The number of rotatable bonds is 4. The van der Waals surface area contributed by atoms with Crippen LogP contribution < -0.4 is 19.5 Å². The van der Waals surface area contributed by atoms with Crippen LogP contribution in [0.25, 0.3) is 0 Å². The van der Waals surface area contributed by atoms with Crippen molar-refractivity contribution in [1.82, 2.24) is 0 Å². The van der Waals surface area contributed by atoms with Crippen LogP contribution in [0.15, 0.2) is 36.4 Å². The van der Waals surface area contributed by atoms with Crippen LogP contribution in [0.3, 0.4) is 0 Å². The highest BCUT2D eigenvalue weighted by atomic mass is 16.6. The van der Waals surface area contributed by atoms with E-state index in [1.807, 2.05) is 18.2 Å². The molecule has 23 heavy (non-hydrogen) atoms. The Kier molecular flexibility index (Phi) is 4.23. The average molecular weight is 315 g/mol. The first-order chi connectivity index (χ1) is 11.2. The summed E-state index contributed by atoms with van der Waals surface area (Å²) in [6, 6.07) is 10.8. The number of fused-ring (bicyclic) bond motifs is 1. The Morgan fingerprint density at radius 1 is 1.00 bits per heavy atom. The number of hydrogen-bond acceptors (Lipinski definition) is 6. The summed E-state index contributed by atoms with van der Waals surface area (Å²) in [5.41, 5.74) is 2.01. The molecule has 1 aliphatic rings. The van der Waals surface area contributed by atoms with Crippen molar-refractivity contribution in [3.63, 3.8) is 0 Å². The minimum Gasteiger partial charge on any atom is -0.496 e. The summed E-state index contributed by atoms with van der Waals surface area (Å²) in [6.07, 6.45) is 0. The molecule has 6 heteroatoms. The van der Waals surface area contributed by atoms with E-state index < -0.39 is 5.97 Å². The van der Waals surface area contributed by atoms with Gasteiger partial charge in [-0.1, -0.05) is 0 Å². The minimum atomic E-state index is -0.437. The van der Waals surface area contributed by atoms with Crippen molar-refractivity contribution >= 4 is 17.3 Å². The van der Waals surface area contributed by atoms with E-state index in [9.17, 15) is 4.79 Å². The Morgan fingerprint density at radius 3 is 2.43 bits per heavy atom. The van der Waals surface area contributed by atoms with Gasteiger partial charge in [0.05, 0.1) is 14.2 Å². The van der Waals surface area contributed by atoms with Crippen LogP contribution >= 0.6 is 0 Å². The summed E-state index contributed by atoms with van der Waals surface area (Å²) in [5, 5.41) is 3.25. The van der Waals surface area contributed by atoms with Gasteiger partial charge in [-0.2, -0.15) is 0 Å². The fourth-order valence-electron chi connectivity index (χ4n) is 2.34. The van der Waals surface area contributed by atoms with Crippen LogP contribution in [0.5, 0.6) is 17.2 Å². The molecule has 6 nitrogen and oxygen atoms in total. The number of anilines is 2. The molecule has 2 aromatic rings. The van der Waals surface area contributed by atoms with Crippen molar-refractivity contribution in [1.29, 1.82) is 0 Å². The smallest absolute Gasteiger partial charge is 0.341 e. The van der Waals surface area contributed by atoms with Crippen LogP contribution in [0.1, 0.15) is 10.4 Å². The first-order valence-corrected chi connectivity index (χ1v) is 7.14. The van der Waals surface area contributed by atoms with E-state index >= 15 is 0 Å². The van der Waals surface area contributed by atoms with Crippen LogP contribution in [-0.2, 0) is 4.74 Å². The van der Waals surface area contributed by atoms with Gasteiger partial charge in [0.2, 0.25) is 0 Å². The third kappa shape index (κ3) is 3.15. The number of carbonyl (C=O) groups excluding carboxylic acids is 1. The van der Waals surface area contributed by atoms with Crippen molar-refractivity contribution in [2.24, 2.45) is 0 Å². The molecule has 0 fully saturated rings. The molecule has 0 unspecified atom stereocenters. The highest BCUT2D eigenvalue weighted by Gasteiger charge is 2.14. The Bertz CT molecular complexity index is 729. The average Bonchev–Trinajstić information content (AvgIpc) is 2.60. The second kappa shape index (κ2) is 6.48. The molecule has 3 rings (SSSR count). The molecule has 0 atom stereocenters. The van der Waals surface area contributed by atoms with Gasteiger partial charge in [-0.3, -0.25) is 0 Å². The van der Waals surface area contributed by atoms with E-state index in [1.165, 1.54) is 14.2 Å². The molecule has 1 aliphatic heterocycles. The van der Waals surface area contributed by atoms with E-state index in [1.54, 1.807) is 18.2 Å². The third-order valence-electron chi connectivity index (χ3n) is 3.44. The first-order valence-electron chi connectivity index (χ1n) is 7.14. The van der Waals surface area contributed by atoms with Crippen molar-refractivity contribution in [3.05, 3.63) is 42.0 Å². The summed E-state index contributed by atoms with van der Waals surface area (Å²) < 4.78 is 21.0. The molecular formula is C17H17NO5. The van der Waals surface area contributed by atoms with E-state index in [-0.39, 0.29) is 0 Å². The van der Waals surface area contributed by atoms with Gasteiger partial charge >= 0.3 is 5.97 Å². The molecule has 0 radical (unpaired) electrons. The maximum atomic E-state index is 11.7. The van der Waals surface area contributed by atoms with Crippen LogP contribution in [-0.4, -0.2) is 33.4 Å². The molecule has 1 N–H and O–H groups in total. The van der Waals surface area contributed by atoms with Gasteiger partial charge < -0.3 is 24.3 Å². The SMILES string of the molecule is COC(=O)c1ccc(Nc2ccc3c(c2)OCCO3)cc1OC. The van der Waals surface area contributed by atoms with Crippen LogP contribution in [0.4, 0.5) is 11.4 Å². The minimum absolute atomic E-state index is 0.378. The quantitative estimate of drug-likeness (QED) is 0.875. The summed E-state index contributed by atoms with van der Waals surface area (Å²) in [6.45, 7) is 1.10. The topological polar surface area (TPSA) is 66.0 Å². The van der Waals surface area contributed by atoms with Crippen molar-refractivity contribution in [2.75, 3.05) is 32.8 Å². The second-order valence-electron chi connectivity index (χ2n) is 4.89. The molecule has 0 aromatic heterocycles. The zero-order valence-corrected chi connectivity index (χ0v) is 12.9. The van der Waals surface area contributed by atoms with Crippen molar-refractivity contribution in [3.8, 4) is 17.2 Å². The molecule has 0 spiro atoms. The second-order valence-corrected chi connectivity index (χ2v) is 4.89. The lowest BCUT2D eigenvalue weighted by molar-refractivity contribution is 0.0597. The first kappa shape index (κ1) is 15.0. The number of carbonyl (C=O) groups is 1. The summed E-state index contributed by atoms with van der Waals surface area (Å²) >= 11 is 0. The van der Waals surface area contributed by atoms with E-state index in [0.717, 1.165) is 17.1 Å². The van der Waals surface area contributed by atoms with E-state index in [2.05, 4.69) is 5.32 Å². The summed E-state index contributed by atoms with van der Waals surface area (Å²) in [5.74, 6) is 1.45. The standard InChI is InChI=1S/C17H17NO5/c1-20-15-9-11(3-5-13(15)17(19)21-2)18-12-4-6-14-16(10-12)23-8-7-22-14/h3-6,9-10,18H,7-8H2,1-2H3. The third-order valence-corrected chi connectivity index (χ3v) is 3.44. The van der Waals surface area contributed by atoms with Crippen molar-refractivity contribution in [2.45, 2.75) is 0 Å². The predicted molar refractivity (Wildman–Crippen MR) is 85.0 cm³/mol. The van der Waals surface area contributed by atoms with Gasteiger partial charge in [0.25, 0.3) is 0 Å². The number of ether oxygens (including phenoxy) is 4. The Morgan fingerprint density at radius 2 is 1.70 bits per heavy atom. The number of esters is 1. The van der Waals surface area contributed by atoms with Gasteiger partial charge in [0, 0.05) is 23.5 Å². The summed E-state index contributed by atoms with van der Waals surface area (Å²) in [4.78, 5) is 11.7. The fourth-order valence-corrected chi connectivity index (χ4v) is 2.34. The van der Waals surface area contributed by atoms with Crippen LogP contribution in [0, 0.1) is 0 Å². The molecule has 1 heterocycles. The monoisotopic (exact) mass is 315 g/mol. The van der Waals surface area contributed by atoms with Gasteiger partial charge in [0.15, 0.2) is 11.5 Å². The fraction of sp³-hybridized carbons (Fsp3) is 0.235. The van der Waals surface area contributed by atoms with Gasteiger partial charge in [-0.25, -0.2) is 4.79 Å². The van der Waals surface area contributed by atoms with Gasteiger partial charge in [0.1, 0.15) is 24.5 Å². The highest BCUT2D eigenvalue weighted by Crippen LogP contribution is 2.34. The molecule has 0 aliphatic carbocycles. The highest BCUT2D eigenvalue weighted by molar-refractivity contribution is 5.93. The Balaban J connectivity index is 1.84. The maximum absolute atomic E-state index is 11.7. The zero-order valence-electron chi connectivity index (χ0n) is 12.9. The number of benzene rings is 2. The molecule has 0 bridgehead atoms. The van der Waals surface area contributed by atoms with Gasteiger partial charge in [-0.15, -0.1) is 0 Å². The predicted octanol–water partition coefficient (Wildman–Crippen LogP) is 3.00. The van der Waals surface area contributed by atoms with Crippen LogP contribution in [0.2, 0.25) is 0 Å². The Labute approximate surface area is 133 Å². The normalized spacial score (nSPS) is 12.4. The summed E-state index contributed by atoms with van der Waals surface area (Å²) in [7, 11) is 2.85. The molecule has 0 saturated carbocycles. The largest absolute Gasteiger partial charge is 0.496 e. The molecule has 0 saturated heterocycles. The van der Waals surface area contributed by atoms with E-state index in [0.29, 0.717) is 30.3 Å². The zero-order chi connectivity index (χ0) is 16.2. The van der Waals surface area contributed by atoms with Crippen molar-refractivity contribution < 1.29 is 23.7 Å². The van der Waals surface area contributed by atoms with E-state index in [4.69, 9.17) is 18.9 Å². The lowest BCUT2D eigenvalue weighted by atomic mass is 10.1. The lowest BCUT2D eigenvalue weighted by Gasteiger charge is -2.19. The number of methoxy groups -OCH3 is 2. The molecule has 120 valence electrons. The number of hydrogen-bond donors (Lipinski definition) is 1. The molecule has 2 aromatic carbocycles. The molecule has 0 amide bonds. The van der Waals surface area contributed by atoms with Gasteiger partial charge in [-0.05, 0) is 24.3 Å². The number of nitrogens with one attached hydrogen (secondary N) is 1. The molecular weight excluding hydrogens is 298 g/mol. The lowest BCUT2D eigenvalue weighted by Crippen LogP contribution is -2.15.